The fraction of sp³-hybridized carbons (Fsp3) is 1.00. The molecule has 11 heavy (non-hydrogen) atoms. The third-order valence-corrected chi connectivity index (χ3v) is 1.93. The summed E-state index contributed by atoms with van der Waals surface area (Å²) in [5.74, 6) is -4.60. The third-order valence-electron chi connectivity index (χ3n) is 1.17. The van der Waals surface area contributed by atoms with Crippen LogP contribution in [0.4, 0.5) is 22.0 Å². The molecule has 0 saturated heterocycles. The van der Waals surface area contributed by atoms with E-state index < -0.39 is 33.2 Å². The molecule has 0 rings (SSSR count). The molecule has 0 saturated carbocycles. The Bertz CT molecular complexity index is 126. The average Bonchev–Trinajstić information content (AvgIpc) is 1.58. The van der Waals surface area contributed by atoms with Gasteiger partial charge in [-0.25, -0.2) is 0 Å². The maximum atomic E-state index is 12.4. The summed E-state index contributed by atoms with van der Waals surface area (Å²) in [6.45, 7) is 0.862. The van der Waals surface area contributed by atoms with Gasteiger partial charge >= 0.3 is 69.0 Å². The monoisotopic (exact) mass is 238 g/mol. The van der Waals surface area contributed by atoms with Gasteiger partial charge in [-0.05, 0) is 0 Å². The van der Waals surface area contributed by atoms with Crippen LogP contribution in [0.5, 0.6) is 0 Å². The van der Waals surface area contributed by atoms with Crippen molar-refractivity contribution in [2.75, 3.05) is 0 Å². The molecule has 68 valence electrons. The van der Waals surface area contributed by atoms with Gasteiger partial charge in [0.25, 0.3) is 0 Å². The molecule has 0 aliphatic carbocycles. The Hall–Kier alpha value is 0.208. The fourth-order valence-electron chi connectivity index (χ4n) is 0.396. The van der Waals surface area contributed by atoms with Crippen molar-refractivity contribution in [2.45, 2.75) is 30.1 Å². The van der Waals surface area contributed by atoms with Gasteiger partial charge in [-0.3, -0.25) is 0 Å². The number of hydrogen-bond donors (Lipinski definition) is 0. The zero-order valence-electron chi connectivity index (χ0n) is 5.97. The zero-order valence-corrected chi connectivity index (χ0v) is 8.39. The van der Waals surface area contributed by atoms with Crippen LogP contribution in [0.25, 0.3) is 0 Å². The van der Waals surface area contributed by atoms with Crippen LogP contribution in [0, 0.1) is 0 Å². The minimum atomic E-state index is -4.60. The van der Waals surface area contributed by atoms with Gasteiger partial charge < -0.3 is 0 Å². The first-order valence-corrected chi connectivity index (χ1v) is 3.94. The van der Waals surface area contributed by atoms with Gasteiger partial charge in [-0.15, -0.1) is 0 Å². The summed E-state index contributed by atoms with van der Waals surface area (Å²) in [5, 5.41) is 0. The van der Waals surface area contributed by atoms with E-state index in [1.54, 1.807) is 0 Å². The fourth-order valence-corrected chi connectivity index (χ4v) is 1.12. The van der Waals surface area contributed by atoms with Crippen molar-refractivity contribution in [3.8, 4) is 0 Å². The molecule has 0 heterocycles. The molecule has 0 N–H and O–H groups in total. The second-order valence-corrected chi connectivity index (χ2v) is 4.19. The van der Waals surface area contributed by atoms with Crippen LogP contribution in [0.15, 0.2) is 0 Å². The first-order chi connectivity index (χ1) is 4.50. The molecular formula is C5H8AsF5. The van der Waals surface area contributed by atoms with Crippen LogP contribution in [0.1, 0.15) is 13.8 Å². The summed E-state index contributed by atoms with van der Waals surface area (Å²) < 4.78 is 56.9. The van der Waals surface area contributed by atoms with Crippen LogP contribution < -0.4 is 0 Å². The summed E-state index contributed by atoms with van der Waals surface area (Å²) in [7, 11) is 0. The summed E-state index contributed by atoms with van der Waals surface area (Å²) in [4.78, 5) is 0. The molecular weight excluding hydrogens is 230 g/mol. The molecule has 0 fully saturated rings. The molecule has 6 heteroatoms. The Morgan fingerprint density at radius 2 is 1.18 bits per heavy atom. The van der Waals surface area contributed by atoms with Crippen molar-refractivity contribution in [1.29, 1.82) is 0 Å². The van der Waals surface area contributed by atoms with E-state index in [0.29, 0.717) is 13.8 Å². The van der Waals surface area contributed by atoms with Crippen molar-refractivity contribution in [2.24, 2.45) is 0 Å². The maximum absolute atomic E-state index is 12.4. The van der Waals surface area contributed by atoms with E-state index in [2.05, 4.69) is 0 Å². The summed E-state index contributed by atoms with van der Waals surface area (Å²) in [6, 6.07) is 0. The SMILES string of the molecule is CC(C)(F)C(F)(F)C(F)(F)[AsH2]. The van der Waals surface area contributed by atoms with Crippen molar-refractivity contribution in [1.82, 2.24) is 0 Å². The van der Waals surface area contributed by atoms with Crippen LogP contribution in [-0.2, 0) is 0 Å². The molecule has 0 aliphatic rings. The molecule has 0 spiro atoms. The van der Waals surface area contributed by atoms with E-state index in [9.17, 15) is 22.0 Å². The Morgan fingerprint density at radius 1 is 0.909 bits per heavy atom. The first kappa shape index (κ1) is 11.2. The normalized spacial score (nSPS) is 15.3. The topological polar surface area (TPSA) is 0 Å². The van der Waals surface area contributed by atoms with Crippen molar-refractivity contribution >= 4 is 16.9 Å². The molecule has 0 aromatic heterocycles. The second-order valence-electron chi connectivity index (χ2n) is 2.67. The van der Waals surface area contributed by atoms with E-state index in [4.69, 9.17) is 0 Å². The van der Waals surface area contributed by atoms with E-state index >= 15 is 0 Å². The third kappa shape index (κ3) is 2.07. The van der Waals surface area contributed by atoms with Gasteiger partial charge in [-0.1, -0.05) is 0 Å². The Balaban J connectivity index is 4.75. The Labute approximate surface area is 69.6 Å². The molecule has 0 nitrogen and oxygen atoms in total. The van der Waals surface area contributed by atoms with Crippen LogP contribution >= 0.6 is 0 Å². The van der Waals surface area contributed by atoms with Crippen molar-refractivity contribution < 1.29 is 22.0 Å². The molecule has 0 bridgehead atoms. The van der Waals surface area contributed by atoms with Crippen molar-refractivity contribution in [3.05, 3.63) is 0 Å². The minimum absolute atomic E-state index is 0.431. The zero-order chi connectivity index (χ0) is 9.50. The molecule has 1 unspecified atom stereocenters. The predicted octanol–water partition coefficient (Wildman–Crippen LogP) is 1.60. The number of alkyl halides is 5. The predicted molar refractivity (Wildman–Crippen MR) is 33.6 cm³/mol. The summed E-state index contributed by atoms with van der Waals surface area (Å²) >= 11 is -0.478. The Kier molecular flexibility index (Phi) is 2.66. The quantitative estimate of drug-likeness (QED) is 0.506. The van der Waals surface area contributed by atoms with E-state index in [-0.39, 0.29) is 0 Å². The molecule has 0 aromatic carbocycles. The molecule has 0 amide bonds. The van der Waals surface area contributed by atoms with E-state index in [0.717, 1.165) is 0 Å². The van der Waals surface area contributed by atoms with Gasteiger partial charge in [0, 0.05) is 0 Å². The number of halogens is 5. The molecule has 0 radical (unpaired) electrons. The summed E-state index contributed by atoms with van der Waals surface area (Å²) in [5.41, 5.74) is -3.19. The summed E-state index contributed by atoms with van der Waals surface area (Å²) in [6.07, 6.45) is 0. The molecule has 0 aromatic rings. The Morgan fingerprint density at radius 3 is 1.18 bits per heavy atom. The van der Waals surface area contributed by atoms with Crippen LogP contribution in [0.3, 0.4) is 0 Å². The van der Waals surface area contributed by atoms with E-state index in [1.165, 1.54) is 0 Å². The van der Waals surface area contributed by atoms with Gasteiger partial charge in [0.1, 0.15) is 0 Å². The van der Waals surface area contributed by atoms with Gasteiger partial charge in [0.05, 0.1) is 0 Å². The standard InChI is InChI=1S/C5H8AsF5/c1-3(2,7)4(8,9)5(6,10)11/h6H2,1-2H3. The number of hydrogen-bond acceptors (Lipinski definition) is 0. The van der Waals surface area contributed by atoms with E-state index in [1.807, 2.05) is 0 Å². The van der Waals surface area contributed by atoms with Crippen LogP contribution in [-0.4, -0.2) is 33.2 Å². The second kappa shape index (κ2) is 2.61. The molecule has 0 aliphatic heterocycles. The van der Waals surface area contributed by atoms with Crippen molar-refractivity contribution in [3.63, 3.8) is 0 Å². The number of rotatable bonds is 2. The van der Waals surface area contributed by atoms with Gasteiger partial charge in [0.2, 0.25) is 0 Å². The van der Waals surface area contributed by atoms with Gasteiger partial charge in [-0.2, -0.15) is 0 Å². The molecule has 1 atom stereocenters. The van der Waals surface area contributed by atoms with Crippen LogP contribution in [0.2, 0.25) is 0 Å². The van der Waals surface area contributed by atoms with Gasteiger partial charge in [0.15, 0.2) is 0 Å². The first-order valence-electron chi connectivity index (χ1n) is 2.73. The average molecular weight is 238 g/mol.